The van der Waals surface area contributed by atoms with Gasteiger partial charge in [-0.25, -0.2) is 0 Å². The van der Waals surface area contributed by atoms with E-state index >= 15 is 0 Å². The fraction of sp³-hybridized carbons (Fsp3) is 0.611. The fourth-order valence-electron chi connectivity index (χ4n) is 3.60. The molecule has 1 saturated carbocycles. The first-order valence-corrected chi connectivity index (χ1v) is 8.78. The molecule has 2 heterocycles. The third-order valence-corrected chi connectivity index (χ3v) is 4.91. The molecule has 1 atom stereocenters. The maximum Gasteiger partial charge on any atom is 0.313 e. The quantitative estimate of drug-likeness (QED) is 0.843. The van der Waals surface area contributed by atoms with E-state index in [1.807, 2.05) is 6.92 Å². The molecule has 1 aromatic heterocycles. The van der Waals surface area contributed by atoms with Crippen LogP contribution in [0.4, 0.5) is 5.69 Å². The van der Waals surface area contributed by atoms with Crippen LogP contribution in [0.5, 0.6) is 0 Å². The van der Waals surface area contributed by atoms with E-state index in [1.54, 1.807) is 23.2 Å². The van der Waals surface area contributed by atoms with E-state index in [0.29, 0.717) is 31.3 Å². The molecule has 0 bridgehead atoms. The predicted octanol–water partition coefficient (Wildman–Crippen LogP) is 2.14. The summed E-state index contributed by atoms with van der Waals surface area (Å²) < 4.78 is 5.88. The molecule has 3 rings (SSSR count). The Morgan fingerprint density at radius 2 is 2.08 bits per heavy atom. The number of rotatable bonds is 2. The number of ether oxygens (including phenoxy) is 1. The monoisotopic (exact) mass is 331 g/mol. The van der Waals surface area contributed by atoms with Crippen LogP contribution in [-0.2, 0) is 14.3 Å². The third-order valence-electron chi connectivity index (χ3n) is 4.91. The summed E-state index contributed by atoms with van der Waals surface area (Å²) >= 11 is 0. The number of anilines is 1. The van der Waals surface area contributed by atoms with Gasteiger partial charge in [0, 0.05) is 30.7 Å². The van der Waals surface area contributed by atoms with Crippen LogP contribution < -0.4 is 5.32 Å². The first kappa shape index (κ1) is 16.9. The van der Waals surface area contributed by atoms with E-state index in [1.165, 1.54) is 19.3 Å². The van der Waals surface area contributed by atoms with Crippen LogP contribution in [0.1, 0.15) is 37.8 Å². The molecular formula is C18H25N3O3. The second-order valence-electron chi connectivity index (χ2n) is 6.70. The number of pyridine rings is 1. The van der Waals surface area contributed by atoms with Crippen LogP contribution in [-0.4, -0.2) is 47.5 Å². The van der Waals surface area contributed by atoms with Crippen molar-refractivity contribution in [2.24, 2.45) is 5.92 Å². The SMILES string of the molecule is Cc1cc(NC(=O)C(=O)N2CCOC(C3CCCCC3)C2)ccn1. The number of morpholine rings is 1. The van der Waals surface area contributed by atoms with Crippen molar-refractivity contribution in [2.75, 3.05) is 25.0 Å². The molecule has 2 amide bonds. The van der Waals surface area contributed by atoms with Gasteiger partial charge in [0.1, 0.15) is 0 Å². The summed E-state index contributed by atoms with van der Waals surface area (Å²) in [5.41, 5.74) is 1.39. The minimum atomic E-state index is -0.593. The number of nitrogens with zero attached hydrogens (tertiary/aromatic N) is 2. The molecule has 2 aliphatic rings. The van der Waals surface area contributed by atoms with Crippen molar-refractivity contribution in [3.63, 3.8) is 0 Å². The Bertz CT molecular complexity index is 599. The number of amides is 2. The molecule has 0 radical (unpaired) electrons. The van der Waals surface area contributed by atoms with Gasteiger partial charge in [0.2, 0.25) is 0 Å². The molecule has 1 aliphatic heterocycles. The minimum Gasteiger partial charge on any atom is -0.374 e. The Labute approximate surface area is 142 Å². The van der Waals surface area contributed by atoms with Crippen molar-refractivity contribution in [3.05, 3.63) is 24.0 Å². The van der Waals surface area contributed by atoms with Gasteiger partial charge < -0.3 is 15.0 Å². The topological polar surface area (TPSA) is 71.5 Å². The molecule has 1 saturated heterocycles. The number of carbonyl (C=O) groups is 2. The summed E-state index contributed by atoms with van der Waals surface area (Å²) in [6, 6.07) is 3.43. The predicted molar refractivity (Wildman–Crippen MR) is 90.5 cm³/mol. The van der Waals surface area contributed by atoms with E-state index in [0.717, 1.165) is 18.5 Å². The minimum absolute atomic E-state index is 0.0685. The van der Waals surface area contributed by atoms with Gasteiger partial charge in [0.25, 0.3) is 0 Å². The van der Waals surface area contributed by atoms with Gasteiger partial charge in [-0.05, 0) is 37.8 Å². The van der Waals surface area contributed by atoms with Crippen LogP contribution in [0, 0.1) is 12.8 Å². The Morgan fingerprint density at radius 3 is 2.83 bits per heavy atom. The van der Waals surface area contributed by atoms with Crippen LogP contribution >= 0.6 is 0 Å². The molecule has 1 unspecified atom stereocenters. The number of aryl methyl sites for hydroxylation is 1. The average Bonchev–Trinajstić information content (AvgIpc) is 2.62. The molecule has 130 valence electrons. The van der Waals surface area contributed by atoms with E-state index in [-0.39, 0.29) is 6.10 Å². The molecule has 6 heteroatoms. The van der Waals surface area contributed by atoms with Crippen molar-refractivity contribution in [1.29, 1.82) is 0 Å². The lowest BCUT2D eigenvalue weighted by Crippen LogP contribution is -2.51. The lowest BCUT2D eigenvalue weighted by atomic mass is 9.84. The summed E-state index contributed by atoms with van der Waals surface area (Å²) in [4.78, 5) is 30.4. The number of carbonyl (C=O) groups excluding carboxylic acids is 2. The lowest BCUT2D eigenvalue weighted by Gasteiger charge is -2.38. The van der Waals surface area contributed by atoms with E-state index in [9.17, 15) is 9.59 Å². The van der Waals surface area contributed by atoms with Crippen molar-refractivity contribution in [2.45, 2.75) is 45.1 Å². The van der Waals surface area contributed by atoms with Crippen LogP contribution in [0.25, 0.3) is 0 Å². The normalized spacial score (nSPS) is 22.2. The molecule has 0 spiro atoms. The maximum atomic E-state index is 12.5. The summed E-state index contributed by atoms with van der Waals surface area (Å²) in [5.74, 6) is -0.557. The average molecular weight is 331 g/mol. The van der Waals surface area contributed by atoms with Gasteiger partial charge >= 0.3 is 11.8 Å². The zero-order chi connectivity index (χ0) is 16.9. The first-order chi connectivity index (χ1) is 11.6. The summed E-state index contributed by atoms with van der Waals surface area (Å²) in [6.45, 7) is 3.35. The highest BCUT2D eigenvalue weighted by Gasteiger charge is 2.33. The molecule has 1 aromatic rings. The number of aromatic nitrogens is 1. The van der Waals surface area contributed by atoms with Crippen molar-refractivity contribution < 1.29 is 14.3 Å². The van der Waals surface area contributed by atoms with E-state index < -0.39 is 11.8 Å². The zero-order valence-electron chi connectivity index (χ0n) is 14.2. The molecule has 6 nitrogen and oxygen atoms in total. The molecule has 1 aliphatic carbocycles. The van der Waals surface area contributed by atoms with Crippen molar-refractivity contribution >= 4 is 17.5 Å². The highest BCUT2D eigenvalue weighted by molar-refractivity contribution is 6.39. The van der Waals surface area contributed by atoms with Gasteiger partial charge in [0.15, 0.2) is 0 Å². The Kier molecular flexibility index (Phi) is 5.45. The smallest absolute Gasteiger partial charge is 0.313 e. The molecule has 1 N–H and O–H groups in total. The lowest BCUT2D eigenvalue weighted by molar-refractivity contribution is -0.150. The summed E-state index contributed by atoms with van der Waals surface area (Å²) in [6.07, 6.45) is 7.77. The van der Waals surface area contributed by atoms with Gasteiger partial charge in [-0.2, -0.15) is 0 Å². The first-order valence-electron chi connectivity index (χ1n) is 8.78. The largest absolute Gasteiger partial charge is 0.374 e. The van der Waals surface area contributed by atoms with Gasteiger partial charge in [0.05, 0.1) is 12.7 Å². The van der Waals surface area contributed by atoms with Crippen LogP contribution in [0.3, 0.4) is 0 Å². The second kappa shape index (κ2) is 7.75. The Morgan fingerprint density at radius 1 is 1.29 bits per heavy atom. The van der Waals surface area contributed by atoms with Crippen LogP contribution in [0.15, 0.2) is 18.3 Å². The fourth-order valence-corrected chi connectivity index (χ4v) is 3.60. The standard InChI is InChI=1S/C18H25N3O3/c1-13-11-15(7-8-19-13)20-17(22)18(23)21-9-10-24-16(12-21)14-5-3-2-4-6-14/h7-8,11,14,16H,2-6,9-10,12H2,1H3,(H,19,20,22). The molecular weight excluding hydrogens is 306 g/mol. The van der Waals surface area contributed by atoms with Gasteiger partial charge in [-0.15, -0.1) is 0 Å². The van der Waals surface area contributed by atoms with E-state index in [4.69, 9.17) is 4.74 Å². The Balaban J connectivity index is 1.58. The van der Waals surface area contributed by atoms with Gasteiger partial charge in [-0.3, -0.25) is 14.6 Å². The molecule has 2 fully saturated rings. The number of nitrogens with one attached hydrogen (secondary N) is 1. The highest BCUT2D eigenvalue weighted by Crippen LogP contribution is 2.29. The summed E-state index contributed by atoms with van der Waals surface area (Å²) in [7, 11) is 0. The zero-order valence-corrected chi connectivity index (χ0v) is 14.2. The molecule has 0 aromatic carbocycles. The second-order valence-corrected chi connectivity index (χ2v) is 6.70. The highest BCUT2D eigenvalue weighted by atomic mass is 16.5. The third kappa shape index (κ3) is 4.12. The van der Waals surface area contributed by atoms with Crippen LogP contribution in [0.2, 0.25) is 0 Å². The van der Waals surface area contributed by atoms with Crippen molar-refractivity contribution in [3.8, 4) is 0 Å². The molecule has 24 heavy (non-hydrogen) atoms. The number of hydrogen-bond donors (Lipinski definition) is 1. The Hall–Kier alpha value is -1.95. The van der Waals surface area contributed by atoms with E-state index in [2.05, 4.69) is 10.3 Å². The number of hydrogen-bond acceptors (Lipinski definition) is 4. The summed E-state index contributed by atoms with van der Waals surface area (Å²) in [5, 5.41) is 2.66. The maximum absolute atomic E-state index is 12.5. The van der Waals surface area contributed by atoms with Crippen molar-refractivity contribution in [1.82, 2.24) is 9.88 Å². The van der Waals surface area contributed by atoms with Gasteiger partial charge in [-0.1, -0.05) is 19.3 Å².